The van der Waals surface area contributed by atoms with Crippen LogP contribution in [-0.2, 0) is 11.2 Å². The first-order chi connectivity index (χ1) is 10.2. The summed E-state index contributed by atoms with van der Waals surface area (Å²) in [6.45, 7) is 0. The Morgan fingerprint density at radius 3 is 2.57 bits per heavy atom. The molecule has 0 unspecified atom stereocenters. The summed E-state index contributed by atoms with van der Waals surface area (Å²) in [6.07, 6.45) is 7.37. The number of rotatable bonds is 3. The fourth-order valence-electron chi connectivity index (χ4n) is 3.24. The predicted octanol–water partition coefficient (Wildman–Crippen LogP) is 3.43. The molecule has 1 N–H and O–H groups in total. The quantitative estimate of drug-likeness (QED) is 0.878. The topological polar surface area (TPSA) is 50.2 Å². The molecule has 0 amide bonds. The standard InChI is InChI=1S/C18H21NO2/c20-17(18(21)10-5-1-2-6-11-18)13-14-9-12-19-16-8-4-3-7-15(14)16/h3-4,7-9,12,21H,1-2,5-6,10-11,13H2. The predicted molar refractivity (Wildman–Crippen MR) is 83.1 cm³/mol. The van der Waals surface area contributed by atoms with Gasteiger partial charge in [0.05, 0.1) is 5.52 Å². The second kappa shape index (κ2) is 5.94. The highest BCUT2D eigenvalue weighted by molar-refractivity contribution is 5.93. The minimum atomic E-state index is -1.12. The normalized spacial score (nSPS) is 18.3. The molecule has 2 aromatic rings. The minimum Gasteiger partial charge on any atom is -0.382 e. The number of pyridine rings is 1. The van der Waals surface area contributed by atoms with Crippen LogP contribution in [0.15, 0.2) is 36.5 Å². The van der Waals surface area contributed by atoms with Gasteiger partial charge in [-0.2, -0.15) is 0 Å². The minimum absolute atomic E-state index is 0.0410. The summed E-state index contributed by atoms with van der Waals surface area (Å²) in [5.41, 5.74) is 0.736. The lowest BCUT2D eigenvalue weighted by molar-refractivity contribution is -0.138. The van der Waals surface area contributed by atoms with Crippen molar-refractivity contribution in [1.29, 1.82) is 0 Å². The van der Waals surface area contributed by atoms with E-state index >= 15 is 0 Å². The molecule has 1 fully saturated rings. The number of carbonyl (C=O) groups excluding carboxylic acids is 1. The number of aliphatic hydroxyl groups is 1. The highest BCUT2D eigenvalue weighted by Crippen LogP contribution is 2.29. The third kappa shape index (κ3) is 2.98. The van der Waals surface area contributed by atoms with Gasteiger partial charge in [0.1, 0.15) is 5.60 Å². The Hall–Kier alpha value is -1.74. The van der Waals surface area contributed by atoms with E-state index in [0.717, 1.165) is 42.1 Å². The maximum atomic E-state index is 12.6. The van der Waals surface area contributed by atoms with Gasteiger partial charge in [0.15, 0.2) is 5.78 Å². The van der Waals surface area contributed by atoms with E-state index in [4.69, 9.17) is 0 Å². The van der Waals surface area contributed by atoms with Gasteiger partial charge < -0.3 is 5.11 Å². The molecule has 1 saturated carbocycles. The highest BCUT2D eigenvalue weighted by atomic mass is 16.3. The summed E-state index contributed by atoms with van der Waals surface area (Å²) < 4.78 is 0. The molecule has 3 rings (SSSR count). The summed E-state index contributed by atoms with van der Waals surface area (Å²) in [5, 5.41) is 11.7. The van der Waals surface area contributed by atoms with Crippen molar-refractivity contribution >= 4 is 16.7 Å². The van der Waals surface area contributed by atoms with Crippen LogP contribution in [0.25, 0.3) is 10.9 Å². The molecule has 0 spiro atoms. The van der Waals surface area contributed by atoms with Gasteiger partial charge in [0, 0.05) is 18.0 Å². The third-order valence-corrected chi connectivity index (χ3v) is 4.54. The number of aromatic nitrogens is 1. The van der Waals surface area contributed by atoms with Crippen LogP contribution in [0.5, 0.6) is 0 Å². The molecule has 0 atom stereocenters. The summed E-state index contributed by atoms with van der Waals surface area (Å²) in [5.74, 6) is -0.0410. The fraction of sp³-hybridized carbons (Fsp3) is 0.444. The molecule has 0 bridgehead atoms. The summed E-state index contributed by atoms with van der Waals surface area (Å²) in [6, 6.07) is 9.73. The average molecular weight is 283 g/mol. The van der Waals surface area contributed by atoms with Crippen LogP contribution < -0.4 is 0 Å². The zero-order valence-corrected chi connectivity index (χ0v) is 12.2. The number of para-hydroxylation sites is 1. The van der Waals surface area contributed by atoms with Gasteiger partial charge in [-0.1, -0.05) is 43.9 Å². The van der Waals surface area contributed by atoms with E-state index in [9.17, 15) is 9.90 Å². The number of ketones is 1. The number of hydrogen-bond donors (Lipinski definition) is 1. The molecule has 1 aliphatic carbocycles. The Kier molecular flexibility index (Phi) is 4.02. The average Bonchev–Trinajstić information content (AvgIpc) is 2.73. The highest BCUT2D eigenvalue weighted by Gasteiger charge is 2.35. The van der Waals surface area contributed by atoms with Gasteiger partial charge in [-0.25, -0.2) is 0 Å². The maximum Gasteiger partial charge on any atom is 0.168 e. The van der Waals surface area contributed by atoms with Crippen molar-refractivity contribution in [2.24, 2.45) is 0 Å². The van der Waals surface area contributed by atoms with Crippen LogP contribution in [0.2, 0.25) is 0 Å². The van der Waals surface area contributed by atoms with E-state index < -0.39 is 5.60 Å². The van der Waals surface area contributed by atoms with Crippen molar-refractivity contribution in [2.75, 3.05) is 0 Å². The van der Waals surface area contributed by atoms with Gasteiger partial charge >= 0.3 is 0 Å². The van der Waals surface area contributed by atoms with Gasteiger partial charge in [0.25, 0.3) is 0 Å². The van der Waals surface area contributed by atoms with Crippen LogP contribution >= 0.6 is 0 Å². The number of nitrogens with zero attached hydrogens (tertiary/aromatic N) is 1. The van der Waals surface area contributed by atoms with Crippen LogP contribution in [-0.4, -0.2) is 21.5 Å². The summed E-state index contributed by atoms with van der Waals surface area (Å²) >= 11 is 0. The molecular weight excluding hydrogens is 262 g/mol. The molecule has 0 saturated heterocycles. The largest absolute Gasteiger partial charge is 0.382 e. The number of benzene rings is 1. The lowest BCUT2D eigenvalue weighted by Gasteiger charge is -2.25. The maximum absolute atomic E-state index is 12.6. The molecule has 3 heteroatoms. The van der Waals surface area contributed by atoms with Crippen LogP contribution in [0.3, 0.4) is 0 Å². The first-order valence-electron chi connectivity index (χ1n) is 7.77. The van der Waals surface area contributed by atoms with Crippen LogP contribution in [0.4, 0.5) is 0 Å². The molecule has 1 aromatic carbocycles. The monoisotopic (exact) mass is 283 g/mol. The van der Waals surface area contributed by atoms with Gasteiger partial charge in [-0.05, 0) is 30.5 Å². The van der Waals surface area contributed by atoms with Gasteiger partial charge in [0.2, 0.25) is 0 Å². The van der Waals surface area contributed by atoms with E-state index in [1.54, 1.807) is 6.20 Å². The zero-order chi connectivity index (χ0) is 14.7. The Bertz CT molecular complexity index is 637. The molecule has 1 heterocycles. The Morgan fingerprint density at radius 2 is 1.81 bits per heavy atom. The van der Waals surface area contributed by atoms with E-state index in [2.05, 4.69) is 4.98 Å². The van der Waals surface area contributed by atoms with Crippen molar-refractivity contribution < 1.29 is 9.90 Å². The first-order valence-corrected chi connectivity index (χ1v) is 7.77. The van der Waals surface area contributed by atoms with Gasteiger partial charge in [-0.15, -0.1) is 0 Å². The summed E-state index contributed by atoms with van der Waals surface area (Å²) in [7, 11) is 0. The lowest BCUT2D eigenvalue weighted by atomic mass is 9.86. The van der Waals surface area contributed by atoms with Crippen molar-refractivity contribution in [1.82, 2.24) is 4.98 Å². The summed E-state index contributed by atoms with van der Waals surface area (Å²) in [4.78, 5) is 16.9. The van der Waals surface area contributed by atoms with Crippen molar-refractivity contribution in [3.8, 4) is 0 Å². The van der Waals surface area contributed by atoms with E-state index in [0.29, 0.717) is 19.3 Å². The van der Waals surface area contributed by atoms with Crippen molar-refractivity contribution in [3.63, 3.8) is 0 Å². The third-order valence-electron chi connectivity index (χ3n) is 4.54. The molecule has 1 aliphatic rings. The van der Waals surface area contributed by atoms with Crippen LogP contribution in [0.1, 0.15) is 44.1 Å². The Balaban J connectivity index is 1.86. The van der Waals surface area contributed by atoms with Gasteiger partial charge in [-0.3, -0.25) is 9.78 Å². The van der Waals surface area contributed by atoms with Crippen LogP contribution in [0, 0.1) is 0 Å². The number of Topliss-reactive ketones (excluding diaryl/α,β-unsaturated/α-hetero) is 1. The number of fused-ring (bicyclic) bond motifs is 1. The Morgan fingerprint density at radius 1 is 1.10 bits per heavy atom. The second-order valence-corrected chi connectivity index (χ2v) is 6.03. The smallest absolute Gasteiger partial charge is 0.168 e. The van der Waals surface area contributed by atoms with E-state index in [-0.39, 0.29) is 5.78 Å². The SMILES string of the molecule is O=C(Cc1ccnc2ccccc12)C1(O)CCCCCC1. The van der Waals surface area contributed by atoms with Crippen molar-refractivity contribution in [2.45, 2.75) is 50.5 Å². The zero-order valence-electron chi connectivity index (χ0n) is 12.2. The molecule has 1 aromatic heterocycles. The molecule has 0 radical (unpaired) electrons. The molecular formula is C18H21NO2. The number of carbonyl (C=O) groups is 1. The molecule has 3 nitrogen and oxygen atoms in total. The van der Waals surface area contributed by atoms with E-state index in [1.165, 1.54) is 0 Å². The number of hydrogen-bond acceptors (Lipinski definition) is 3. The Labute approximate surface area is 125 Å². The van der Waals surface area contributed by atoms with Crippen molar-refractivity contribution in [3.05, 3.63) is 42.1 Å². The van der Waals surface area contributed by atoms with E-state index in [1.807, 2.05) is 30.3 Å². The first kappa shape index (κ1) is 14.2. The molecule has 0 aliphatic heterocycles. The fourth-order valence-corrected chi connectivity index (χ4v) is 3.24. The molecule has 110 valence electrons. The molecule has 21 heavy (non-hydrogen) atoms. The second-order valence-electron chi connectivity index (χ2n) is 6.03. The lowest BCUT2D eigenvalue weighted by Crippen LogP contribution is -2.39.